The van der Waals surface area contributed by atoms with Gasteiger partial charge in [-0.15, -0.1) is 0 Å². The Labute approximate surface area is 63.2 Å². The van der Waals surface area contributed by atoms with E-state index >= 15 is 0 Å². The van der Waals surface area contributed by atoms with Crippen molar-refractivity contribution in [2.45, 2.75) is 9.97 Å². The fourth-order valence-corrected chi connectivity index (χ4v) is 0. The molecule has 0 nitrogen and oxygen atoms in total. The zero-order valence-corrected chi connectivity index (χ0v) is 5.94. The molecule has 0 unspecified atom stereocenters. The summed E-state index contributed by atoms with van der Waals surface area (Å²) in [5, 5.41) is 0. The monoisotopic (exact) mass is 206 g/mol. The predicted octanol–water partition coefficient (Wildman–Crippen LogP) is 3.07. The van der Waals surface area contributed by atoms with Gasteiger partial charge in [-0.1, -0.05) is 34.8 Å². The van der Waals surface area contributed by atoms with Crippen LogP contribution in [0.25, 0.3) is 0 Å². The topological polar surface area (TPSA) is 0 Å². The van der Waals surface area contributed by atoms with Crippen LogP contribution in [0, 0.1) is 0 Å². The van der Waals surface area contributed by atoms with Crippen LogP contribution in [0.1, 0.15) is 0 Å². The van der Waals surface area contributed by atoms with Crippen molar-refractivity contribution in [3.05, 3.63) is 0 Å². The molecule has 0 heterocycles. The first-order chi connectivity index (χ1) is 3.25. The Balaban J connectivity index is 0. The van der Waals surface area contributed by atoms with Gasteiger partial charge in [0.15, 0.2) is 0 Å². The third-order valence-corrected chi connectivity index (χ3v) is 0.964. The largest absolute Gasteiger partial charge is 0.435 e. The standard InChI is InChI=1S/C2Cl3F3.FH/c3-1(4,5)2(6,7)8;/h;1H. The van der Waals surface area contributed by atoms with Crippen molar-refractivity contribution < 1.29 is 17.9 Å². The summed E-state index contributed by atoms with van der Waals surface area (Å²) in [5.41, 5.74) is 0. The molecular weight excluding hydrogens is 206 g/mol. The van der Waals surface area contributed by atoms with E-state index < -0.39 is 9.97 Å². The second-order valence-electron chi connectivity index (χ2n) is 0.996. The van der Waals surface area contributed by atoms with Crippen LogP contribution >= 0.6 is 34.8 Å². The van der Waals surface area contributed by atoms with E-state index in [1.165, 1.54) is 0 Å². The van der Waals surface area contributed by atoms with Gasteiger partial charge in [-0.3, -0.25) is 4.70 Å². The van der Waals surface area contributed by atoms with Crippen molar-refractivity contribution in [2.24, 2.45) is 0 Å². The molecule has 0 spiro atoms. The van der Waals surface area contributed by atoms with E-state index in [1.54, 1.807) is 0 Å². The van der Waals surface area contributed by atoms with Gasteiger partial charge in [-0.2, -0.15) is 13.2 Å². The molecular formula is C2HCl3F4. The quantitative estimate of drug-likeness (QED) is 0.423. The fourth-order valence-electron chi connectivity index (χ4n) is 0. The Bertz CT molecular complexity index is 68.8. The van der Waals surface area contributed by atoms with Gasteiger partial charge in [0.25, 0.3) is 3.79 Å². The Morgan fingerprint density at radius 2 is 1.00 bits per heavy atom. The summed E-state index contributed by atoms with van der Waals surface area (Å²) in [6.07, 6.45) is -4.77. The summed E-state index contributed by atoms with van der Waals surface area (Å²) in [5.74, 6) is 0. The van der Waals surface area contributed by atoms with E-state index in [1.807, 2.05) is 0 Å². The molecule has 0 radical (unpaired) electrons. The summed E-state index contributed by atoms with van der Waals surface area (Å²) in [6.45, 7) is 0. The maximum atomic E-state index is 11.2. The zero-order valence-electron chi connectivity index (χ0n) is 3.68. The lowest BCUT2D eigenvalue weighted by atomic mass is 10.8. The SMILES string of the molecule is F.FC(F)(F)C(Cl)(Cl)Cl. The van der Waals surface area contributed by atoms with E-state index in [0.29, 0.717) is 0 Å². The van der Waals surface area contributed by atoms with Crippen LogP contribution in [-0.4, -0.2) is 9.97 Å². The normalized spacial score (nSPS) is 12.7. The highest BCUT2D eigenvalue weighted by molar-refractivity contribution is 6.68. The molecule has 0 aliphatic carbocycles. The Morgan fingerprint density at radius 1 is 0.889 bits per heavy atom. The van der Waals surface area contributed by atoms with E-state index in [9.17, 15) is 13.2 Å². The van der Waals surface area contributed by atoms with Crippen LogP contribution in [-0.2, 0) is 0 Å². The highest BCUT2D eigenvalue weighted by atomic mass is 35.6. The summed E-state index contributed by atoms with van der Waals surface area (Å²) in [4.78, 5) is 0. The molecule has 0 aromatic heterocycles. The Morgan fingerprint density at radius 3 is 1.00 bits per heavy atom. The van der Waals surface area contributed by atoms with Crippen molar-refractivity contribution >= 4 is 34.8 Å². The van der Waals surface area contributed by atoms with Crippen molar-refractivity contribution in [1.29, 1.82) is 0 Å². The van der Waals surface area contributed by atoms with Crippen LogP contribution < -0.4 is 0 Å². The van der Waals surface area contributed by atoms with Gasteiger partial charge >= 0.3 is 6.18 Å². The molecule has 0 N–H and O–H groups in total. The molecule has 0 bridgehead atoms. The van der Waals surface area contributed by atoms with Crippen LogP contribution in [0.2, 0.25) is 0 Å². The third kappa shape index (κ3) is 4.06. The van der Waals surface area contributed by atoms with Crippen LogP contribution in [0.4, 0.5) is 17.9 Å². The van der Waals surface area contributed by atoms with Crippen molar-refractivity contribution in [3.8, 4) is 0 Å². The third-order valence-electron chi connectivity index (χ3n) is 0.321. The van der Waals surface area contributed by atoms with Gasteiger partial charge in [-0.25, -0.2) is 0 Å². The second kappa shape index (κ2) is 3.12. The molecule has 0 fully saturated rings. The van der Waals surface area contributed by atoms with Crippen LogP contribution in [0.3, 0.4) is 0 Å². The Hall–Kier alpha value is 0.590. The molecule has 0 saturated carbocycles. The lowest BCUT2D eigenvalue weighted by Crippen LogP contribution is -2.27. The first-order valence-corrected chi connectivity index (χ1v) is 2.52. The number of halogens is 7. The van der Waals surface area contributed by atoms with E-state index in [-0.39, 0.29) is 4.70 Å². The highest BCUT2D eigenvalue weighted by Gasteiger charge is 2.51. The highest BCUT2D eigenvalue weighted by Crippen LogP contribution is 2.42. The molecule has 7 heteroatoms. The molecule has 0 rings (SSSR count). The summed E-state index contributed by atoms with van der Waals surface area (Å²) in [6, 6.07) is 0. The van der Waals surface area contributed by atoms with Crippen molar-refractivity contribution in [2.75, 3.05) is 0 Å². The zero-order chi connectivity index (χ0) is 7.00. The van der Waals surface area contributed by atoms with Crippen LogP contribution in [0.5, 0.6) is 0 Å². The van der Waals surface area contributed by atoms with Gasteiger partial charge in [0, 0.05) is 0 Å². The maximum absolute atomic E-state index is 11.2. The minimum Gasteiger partial charge on any atom is -0.269 e. The average Bonchev–Trinajstić information content (AvgIpc) is 1.25. The lowest BCUT2D eigenvalue weighted by Gasteiger charge is -2.13. The van der Waals surface area contributed by atoms with Gasteiger partial charge < -0.3 is 0 Å². The Kier molecular flexibility index (Phi) is 4.26. The fraction of sp³-hybridized carbons (Fsp3) is 1.00. The number of alkyl halides is 6. The molecule has 0 aromatic rings. The molecule has 0 saturated heterocycles. The minimum absolute atomic E-state index is 0. The first kappa shape index (κ1) is 12.3. The predicted molar refractivity (Wildman–Crippen MR) is 28.8 cm³/mol. The summed E-state index contributed by atoms with van der Waals surface area (Å²) >= 11 is 13.2. The van der Waals surface area contributed by atoms with Gasteiger partial charge in [0.2, 0.25) is 0 Å². The van der Waals surface area contributed by atoms with Crippen molar-refractivity contribution in [1.82, 2.24) is 0 Å². The molecule has 58 valence electrons. The number of rotatable bonds is 0. The number of hydrogen-bond donors (Lipinski definition) is 0. The maximum Gasteiger partial charge on any atom is 0.435 e. The summed E-state index contributed by atoms with van der Waals surface area (Å²) < 4.78 is 30.4. The first-order valence-electron chi connectivity index (χ1n) is 1.38. The number of hydrogen-bond acceptors (Lipinski definition) is 0. The van der Waals surface area contributed by atoms with E-state index in [4.69, 9.17) is 0 Å². The molecule has 0 atom stereocenters. The summed E-state index contributed by atoms with van der Waals surface area (Å²) in [7, 11) is 0. The van der Waals surface area contributed by atoms with E-state index in [2.05, 4.69) is 34.8 Å². The molecule has 0 aromatic carbocycles. The van der Waals surface area contributed by atoms with Gasteiger partial charge in [0.05, 0.1) is 0 Å². The molecule has 0 aliphatic rings. The van der Waals surface area contributed by atoms with E-state index in [0.717, 1.165) is 0 Å². The van der Waals surface area contributed by atoms with Gasteiger partial charge in [0.1, 0.15) is 0 Å². The van der Waals surface area contributed by atoms with Crippen LogP contribution in [0.15, 0.2) is 0 Å². The smallest absolute Gasteiger partial charge is 0.269 e. The molecule has 0 amide bonds. The average molecular weight is 207 g/mol. The van der Waals surface area contributed by atoms with Gasteiger partial charge in [-0.05, 0) is 0 Å². The van der Waals surface area contributed by atoms with Crippen molar-refractivity contribution in [3.63, 3.8) is 0 Å². The lowest BCUT2D eigenvalue weighted by molar-refractivity contribution is -0.124. The molecule has 0 aliphatic heterocycles. The second-order valence-corrected chi connectivity index (χ2v) is 3.28. The minimum atomic E-state index is -4.77. The molecule has 9 heavy (non-hydrogen) atoms.